The highest BCUT2D eigenvalue weighted by Gasteiger charge is 2.07. The van der Waals surface area contributed by atoms with Crippen molar-refractivity contribution in [1.29, 1.82) is 0 Å². The highest BCUT2D eigenvalue weighted by Crippen LogP contribution is 2.17. The van der Waals surface area contributed by atoms with Crippen LogP contribution in [0.2, 0.25) is 0 Å². The van der Waals surface area contributed by atoms with Gasteiger partial charge in [-0.25, -0.2) is 0 Å². The van der Waals surface area contributed by atoms with Crippen LogP contribution in [0.1, 0.15) is 28.9 Å². The summed E-state index contributed by atoms with van der Waals surface area (Å²) in [4.78, 5) is 1.24. The maximum absolute atomic E-state index is 5.67. The Hall–Kier alpha value is -1.10. The molecule has 0 radical (unpaired) electrons. The number of hydrogen-bond donors (Lipinski definition) is 1. The Labute approximate surface area is 112 Å². The molecule has 98 valence electrons. The van der Waals surface area contributed by atoms with Gasteiger partial charge < -0.3 is 14.5 Å². The lowest BCUT2D eigenvalue weighted by atomic mass is 10.2. The zero-order valence-electron chi connectivity index (χ0n) is 10.9. The van der Waals surface area contributed by atoms with Crippen molar-refractivity contribution < 1.29 is 9.15 Å². The first kappa shape index (κ1) is 13.3. The highest BCUT2D eigenvalue weighted by atomic mass is 32.1. The van der Waals surface area contributed by atoms with Crippen molar-refractivity contribution in [2.75, 3.05) is 6.54 Å². The summed E-state index contributed by atoms with van der Waals surface area (Å²) < 4.78 is 11.3. The molecule has 0 unspecified atom stereocenters. The molecular weight excluding hydrogens is 246 g/mol. The van der Waals surface area contributed by atoms with E-state index in [9.17, 15) is 0 Å². The first-order chi connectivity index (χ1) is 8.79. The Balaban J connectivity index is 1.82. The molecule has 0 aliphatic rings. The number of aryl methyl sites for hydroxylation is 1. The van der Waals surface area contributed by atoms with Crippen LogP contribution in [0.3, 0.4) is 0 Å². The van der Waals surface area contributed by atoms with E-state index in [-0.39, 0.29) is 0 Å². The van der Waals surface area contributed by atoms with Crippen LogP contribution in [0.15, 0.2) is 28.0 Å². The fraction of sp³-hybridized carbons (Fsp3) is 0.429. The third-order valence-corrected chi connectivity index (χ3v) is 3.56. The molecule has 2 aromatic heterocycles. The Bertz CT molecular complexity index is 462. The summed E-state index contributed by atoms with van der Waals surface area (Å²) in [5.41, 5.74) is 1.21. The van der Waals surface area contributed by atoms with Crippen molar-refractivity contribution in [2.45, 2.75) is 33.6 Å². The van der Waals surface area contributed by atoms with Gasteiger partial charge in [0, 0.05) is 17.0 Å². The molecule has 2 heterocycles. The van der Waals surface area contributed by atoms with Crippen LogP contribution in [0.25, 0.3) is 0 Å². The van der Waals surface area contributed by atoms with Crippen molar-refractivity contribution in [3.05, 3.63) is 45.5 Å². The third-order valence-electron chi connectivity index (χ3n) is 2.71. The van der Waals surface area contributed by atoms with Crippen LogP contribution in [-0.2, 0) is 24.5 Å². The lowest BCUT2D eigenvalue weighted by Crippen LogP contribution is -2.11. The molecule has 0 bridgehead atoms. The van der Waals surface area contributed by atoms with E-state index in [0.717, 1.165) is 24.6 Å². The lowest BCUT2D eigenvalue weighted by molar-refractivity contribution is 0.0942. The fourth-order valence-corrected chi connectivity index (χ4v) is 2.38. The number of thiophene rings is 1. The molecule has 0 spiro atoms. The SMILES string of the molecule is CCNCc1cc(COCc2cccs2)oc1C. The molecule has 0 aromatic carbocycles. The predicted octanol–water partition coefficient (Wildman–Crippen LogP) is 3.48. The van der Waals surface area contributed by atoms with E-state index in [1.54, 1.807) is 11.3 Å². The van der Waals surface area contributed by atoms with Gasteiger partial charge in [-0.2, -0.15) is 0 Å². The highest BCUT2D eigenvalue weighted by molar-refractivity contribution is 7.09. The van der Waals surface area contributed by atoms with Crippen molar-refractivity contribution in [2.24, 2.45) is 0 Å². The van der Waals surface area contributed by atoms with Gasteiger partial charge in [-0.3, -0.25) is 0 Å². The Morgan fingerprint density at radius 1 is 1.39 bits per heavy atom. The zero-order chi connectivity index (χ0) is 12.8. The minimum Gasteiger partial charge on any atom is -0.464 e. The number of rotatable bonds is 7. The van der Waals surface area contributed by atoms with E-state index < -0.39 is 0 Å². The van der Waals surface area contributed by atoms with Crippen molar-refractivity contribution in [3.8, 4) is 0 Å². The van der Waals surface area contributed by atoms with Gasteiger partial charge in [-0.15, -0.1) is 11.3 Å². The summed E-state index contributed by atoms with van der Waals surface area (Å²) in [5.74, 6) is 1.88. The van der Waals surface area contributed by atoms with Crippen molar-refractivity contribution in [1.82, 2.24) is 5.32 Å². The van der Waals surface area contributed by atoms with Crippen LogP contribution >= 0.6 is 11.3 Å². The van der Waals surface area contributed by atoms with Gasteiger partial charge in [0.25, 0.3) is 0 Å². The molecule has 18 heavy (non-hydrogen) atoms. The van der Waals surface area contributed by atoms with Crippen molar-refractivity contribution in [3.63, 3.8) is 0 Å². The first-order valence-corrected chi connectivity index (χ1v) is 7.06. The van der Waals surface area contributed by atoms with Crippen LogP contribution in [0, 0.1) is 6.92 Å². The second kappa shape index (κ2) is 6.73. The van der Waals surface area contributed by atoms with Gasteiger partial charge in [0.05, 0.1) is 6.61 Å². The number of ether oxygens (including phenoxy) is 1. The number of furan rings is 1. The number of hydrogen-bond acceptors (Lipinski definition) is 4. The van der Waals surface area contributed by atoms with Gasteiger partial charge in [0.2, 0.25) is 0 Å². The number of nitrogens with one attached hydrogen (secondary N) is 1. The molecule has 0 aliphatic heterocycles. The molecule has 0 atom stereocenters. The Morgan fingerprint density at radius 2 is 2.28 bits per heavy atom. The smallest absolute Gasteiger partial charge is 0.130 e. The molecule has 2 aromatic rings. The average molecular weight is 265 g/mol. The van der Waals surface area contributed by atoms with Gasteiger partial charge in [0.1, 0.15) is 18.1 Å². The topological polar surface area (TPSA) is 34.4 Å². The second-order valence-corrected chi connectivity index (χ2v) is 5.18. The summed E-state index contributed by atoms with van der Waals surface area (Å²) in [7, 11) is 0. The van der Waals surface area contributed by atoms with E-state index in [0.29, 0.717) is 13.2 Å². The molecule has 2 rings (SSSR count). The Kier molecular flexibility index (Phi) is 4.99. The van der Waals surface area contributed by atoms with Crippen LogP contribution in [0.4, 0.5) is 0 Å². The van der Waals surface area contributed by atoms with Crippen LogP contribution < -0.4 is 5.32 Å². The quantitative estimate of drug-likeness (QED) is 0.832. The average Bonchev–Trinajstić information content (AvgIpc) is 2.97. The summed E-state index contributed by atoms with van der Waals surface area (Å²) in [6, 6.07) is 6.19. The van der Waals surface area contributed by atoms with Gasteiger partial charge in [-0.1, -0.05) is 13.0 Å². The van der Waals surface area contributed by atoms with E-state index in [1.165, 1.54) is 10.4 Å². The molecule has 0 fully saturated rings. The molecular formula is C14H19NO2S. The van der Waals surface area contributed by atoms with Gasteiger partial charge >= 0.3 is 0 Å². The third kappa shape index (κ3) is 3.70. The molecule has 3 nitrogen and oxygen atoms in total. The molecule has 0 aliphatic carbocycles. The standard InChI is InChI=1S/C14H19NO2S/c1-3-15-8-12-7-13(17-11(12)2)9-16-10-14-5-4-6-18-14/h4-7,15H,3,8-10H2,1-2H3. The zero-order valence-corrected chi connectivity index (χ0v) is 11.7. The van der Waals surface area contributed by atoms with E-state index >= 15 is 0 Å². The normalized spacial score (nSPS) is 11.0. The monoisotopic (exact) mass is 265 g/mol. The largest absolute Gasteiger partial charge is 0.464 e. The predicted molar refractivity (Wildman–Crippen MR) is 73.6 cm³/mol. The molecule has 0 amide bonds. The lowest BCUT2D eigenvalue weighted by Gasteiger charge is -1.99. The van der Waals surface area contributed by atoms with Gasteiger partial charge in [-0.05, 0) is 31.0 Å². The molecule has 0 saturated heterocycles. The summed E-state index contributed by atoms with van der Waals surface area (Å²) in [5, 5.41) is 5.36. The fourth-order valence-electron chi connectivity index (χ4n) is 1.74. The van der Waals surface area contributed by atoms with Crippen molar-refractivity contribution >= 4 is 11.3 Å². The maximum atomic E-state index is 5.67. The Morgan fingerprint density at radius 3 is 3.00 bits per heavy atom. The molecule has 1 N–H and O–H groups in total. The van der Waals surface area contributed by atoms with Crippen LogP contribution in [-0.4, -0.2) is 6.54 Å². The van der Waals surface area contributed by atoms with E-state index in [4.69, 9.17) is 9.15 Å². The molecule has 4 heteroatoms. The maximum Gasteiger partial charge on any atom is 0.130 e. The van der Waals surface area contributed by atoms with Crippen LogP contribution in [0.5, 0.6) is 0 Å². The van der Waals surface area contributed by atoms with Gasteiger partial charge in [0.15, 0.2) is 0 Å². The summed E-state index contributed by atoms with van der Waals surface area (Å²) in [6.45, 7) is 7.10. The summed E-state index contributed by atoms with van der Waals surface area (Å²) >= 11 is 1.71. The minimum absolute atomic E-state index is 0.533. The van der Waals surface area contributed by atoms with E-state index in [2.05, 4.69) is 29.8 Å². The summed E-state index contributed by atoms with van der Waals surface area (Å²) in [6.07, 6.45) is 0. The first-order valence-electron chi connectivity index (χ1n) is 6.18. The van der Waals surface area contributed by atoms with E-state index in [1.807, 2.05) is 13.0 Å². The molecule has 0 saturated carbocycles. The second-order valence-electron chi connectivity index (χ2n) is 4.15. The minimum atomic E-state index is 0.533.